The Balaban J connectivity index is 1.66. The van der Waals surface area contributed by atoms with Crippen LogP contribution in [-0.2, 0) is 16.1 Å². The Morgan fingerprint density at radius 1 is 1.23 bits per heavy atom. The highest BCUT2D eigenvalue weighted by Gasteiger charge is 2.20. The molecule has 0 aliphatic carbocycles. The highest BCUT2D eigenvalue weighted by atomic mass is 16.7. The summed E-state index contributed by atoms with van der Waals surface area (Å²) in [6.45, 7) is 0.960. The van der Waals surface area contributed by atoms with Crippen molar-refractivity contribution in [1.29, 1.82) is 0 Å². The van der Waals surface area contributed by atoms with Gasteiger partial charge < -0.3 is 19.1 Å². The lowest BCUT2D eigenvalue weighted by Gasteiger charge is -2.24. The lowest BCUT2D eigenvalue weighted by atomic mass is 9.96. The van der Waals surface area contributed by atoms with E-state index in [9.17, 15) is 9.90 Å². The predicted octanol–water partition coefficient (Wildman–Crippen LogP) is 4.65. The van der Waals surface area contributed by atoms with Gasteiger partial charge in [-0.25, -0.2) is 9.78 Å². The van der Waals surface area contributed by atoms with Crippen molar-refractivity contribution in [3.8, 4) is 0 Å². The molecule has 3 aromatic rings. The Bertz CT molecular complexity index is 954. The molecule has 2 unspecified atom stereocenters. The number of amides is 1. The van der Waals surface area contributed by atoms with Crippen LogP contribution in [0.5, 0.6) is 0 Å². The number of rotatable bonds is 7. The van der Waals surface area contributed by atoms with Gasteiger partial charge in [0, 0.05) is 30.3 Å². The third-order valence-electron chi connectivity index (χ3n) is 5.19. The number of hydrogen-bond donors (Lipinski definition) is 2. The normalized spacial score (nSPS) is 17.4. The van der Waals surface area contributed by atoms with Gasteiger partial charge in [-0.3, -0.25) is 5.32 Å². The summed E-state index contributed by atoms with van der Waals surface area (Å²) in [6, 6.07) is 15.8. The van der Waals surface area contributed by atoms with Crippen LogP contribution in [0.25, 0.3) is 0 Å². The maximum Gasteiger partial charge on any atom is 0.409 e. The van der Waals surface area contributed by atoms with Crippen LogP contribution in [0.2, 0.25) is 0 Å². The first-order chi connectivity index (χ1) is 14.7. The van der Waals surface area contributed by atoms with E-state index in [-0.39, 0.29) is 18.9 Å². The minimum atomic E-state index is -1.10. The van der Waals surface area contributed by atoms with Crippen molar-refractivity contribution >= 4 is 11.8 Å². The molecular formula is C23H25N3O4. The Morgan fingerprint density at radius 2 is 2.10 bits per heavy atom. The van der Waals surface area contributed by atoms with Crippen LogP contribution in [0.15, 0.2) is 67.3 Å². The second-order valence-corrected chi connectivity index (χ2v) is 7.28. The summed E-state index contributed by atoms with van der Waals surface area (Å²) < 4.78 is 13.6. The van der Waals surface area contributed by atoms with Crippen LogP contribution in [0.1, 0.15) is 42.0 Å². The fourth-order valence-electron chi connectivity index (χ4n) is 3.76. The third-order valence-corrected chi connectivity index (χ3v) is 5.19. The van der Waals surface area contributed by atoms with Crippen LogP contribution in [0, 0.1) is 0 Å². The van der Waals surface area contributed by atoms with Crippen molar-refractivity contribution in [1.82, 2.24) is 9.55 Å². The molecule has 2 heterocycles. The van der Waals surface area contributed by atoms with Gasteiger partial charge in [-0.05, 0) is 42.5 Å². The van der Waals surface area contributed by atoms with Gasteiger partial charge in [-0.15, -0.1) is 0 Å². The van der Waals surface area contributed by atoms with Crippen LogP contribution >= 0.6 is 0 Å². The number of hydrogen-bond acceptors (Lipinski definition) is 4. The summed E-state index contributed by atoms with van der Waals surface area (Å²) in [6.07, 6.45) is 7.07. The minimum absolute atomic E-state index is 0.0859. The molecule has 30 heavy (non-hydrogen) atoms. The van der Waals surface area contributed by atoms with Gasteiger partial charge in [0.1, 0.15) is 0 Å². The molecule has 2 aromatic carbocycles. The van der Waals surface area contributed by atoms with Crippen molar-refractivity contribution in [2.24, 2.45) is 0 Å². The SMILES string of the molecule is O=C(O)Nc1ccc(C(c2ccccc2)n2ccnc2)cc1COC1CCCCO1. The second kappa shape index (κ2) is 9.56. The van der Waals surface area contributed by atoms with Gasteiger partial charge in [0.2, 0.25) is 0 Å². The molecule has 1 aromatic heterocycles. The van der Waals surface area contributed by atoms with E-state index in [4.69, 9.17) is 9.47 Å². The summed E-state index contributed by atoms with van der Waals surface area (Å²) in [5, 5.41) is 11.7. The number of imidazole rings is 1. The van der Waals surface area contributed by atoms with Crippen molar-refractivity contribution in [3.63, 3.8) is 0 Å². The number of nitrogens with zero attached hydrogens (tertiary/aromatic N) is 2. The molecule has 1 aliphatic rings. The number of carbonyl (C=O) groups is 1. The Morgan fingerprint density at radius 3 is 2.80 bits per heavy atom. The van der Waals surface area contributed by atoms with Crippen LogP contribution in [0.3, 0.4) is 0 Å². The van der Waals surface area contributed by atoms with Gasteiger partial charge in [-0.1, -0.05) is 36.4 Å². The number of aromatic nitrogens is 2. The van der Waals surface area contributed by atoms with Crippen molar-refractivity contribution in [3.05, 3.63) is 83.9 Å². The second-order valence-electron chi connectivity index (χ2n) is 7.28. The maximum absolute atomic E-state index is 11.3. The Labute approximate surface area is 175 Å². The summed E-state index contributed by atoms with van der Waals surface area (Å²) in [5.41, 5.74) is 3.40. The van der Waals surface area contributed by atoms with Crippen LogP contribution in [-0.4, -0.2) is 33.6 Å². The topological polar surface area (TPSA) is 85.6 Å². The van der Waals surface area contributed by atoms with Gasteiger partial charge in [0.05, 0.1) is 19.0 Å². The molecular weight excluding hydrogens is 382 g/mol. The standard InChI is InChI=1S/C23H25N3O4/c27-23(28)25-20-10-9-18(14-19(20)15-30-21-8-4-5-13-29-21)22(26-12-11-24-16-26)17-6-2-1-3-7-17/h1-3,6-7,9-12,14,16,21-22,25H,4-5,8,13,15H2,(H,27,28). The van der Waals surface area contributed by atoms with E-state index in [1.807, 2.05) is 41.1 Å². The summed E-state index contributed by atoms with van der Waals surface area (Å²) in [4.78, 5) is 15.5. The summed E-state index contributed by atoms with van der Waals surface area (Å²) in [5.74, 6) is 0. The summed E-state index contributed by atoms with van der Waals surface area (Å²) >= 11 is 0. The molecule has 2 N–H and O–H groups in total. The van der Waals surface area contributed by atoms with Gasteiger partial charge >= 0.3 is 6.09 Å². The van der Waals surface area contributed by atoms with Gasteiger partial charge in [-0.2, -0.15) is 0 Å². The fraction of sp³-hybridized carbons (Fsp3) is 0.304. The molecule has 1 fully saturated rings. The molecule has 1 saturated heterocycles. The molecule has 0 bridgehead atoms. The van der Waals surface area contributed by atoms with Crippen molar-refractivity contribution in [2.75, 3.05) is 11.9 Å². The van der Waals surface area contributed by atoms with Gasteiger partial charge in [0.25, 0.3) is 0 Å². The molecule has 4 rings (SSSR count). The van der Waals surface area contributed by atoms with Crippen LogP contribution in [0.4, 0.5) is 10.5 Å². The van der Waals surface area contributed by atoms with E-state index in [0.717, 1.165) is 36.0 Å². The quantitative estimate of drug-likeness (QED) is 0.595. The number of carboxylic acid groups (broad SMARTS) is 1. The molecule has 1 amide bonds. The molecule has 0 spiro atoms. The monoisotopic (exact) mass is 407 g/mol. The lowest BCUT2D eigenvalue weighted by molar-refractivity contribution is -0.168. The number of anilines is 1. The number of benzene rings is 2. The molecule has 7 heteroatoms. The number of ether oxygens (including phenoxy) is 2. The molecule has 0 saturated carbocycles. The van der Waals surface area contributed by atoms with E-state index in [2.05, 4.69) is 22.4 Å². The maximum atomic E-state index is 11.3. The molecule has 1 aliphatic heterocycles. The first-order valence-electron chi connectivity index (χ1n) is 10.1. The van der Waals surface area contributed by atoms with Crippen molar-refractivity contribution in [2.45, 2.75) is 38.2 Å². The highest BCUT2D eigenvalue weighted by molar-refractivity contribution is 5.84. The lowest BCUT2D eigenvalue weighted by Crippen LogP contribution is -2.22. The molecule has 156 valence electrons. The Hall–Kier alpha value is -3.16. The molecule has 2 atom stereocenters. The largest absolute Gasteiger partial charge is 0.465 e. The van der Waals surface area contributed by atoms with E-state index < -0.39 is 6.09 Å². The zero-order chi connectivity index (χ0) is 20.8. The minimum Gasteiger partial charge on any atom is -0.465 e. The summed E-state index contributed by atoms with van der Waals surface area (Å²) in [7, 11) is 0. The predicted molar refractivity (Wildman–Crippen MR) is 112 cm³/mol. The number of nitrogens with one attached hydrogen (secondary N) is 1. The first-order valence-corrected chi connectivity index (χ1v) is 10.1. The van der Waals surface area contributed by atoms with E-state index >= 15 is 0 Å². The van der Waals surface area contributed by atoms with Crippen LogP contribution < -0.4 is 5.32 Å². The zero-order valence-corrected chi connectivity index (χ0v) is 16.6. The zero-order valence-electron chi connectivity index (χ0n) is 16.6. The average Bonchev–Trinajstić information content (AvgIpc) is 3.29. The average molecular weight is 407 g/mol. The third kappa shape index (κ3) is 4.87. The Kier molecular flexibility index (Phi) is 6.41. The highest BCUT2D eigenvalue weighted by Crippen LogP contribution is 2.30. The smallest absolute Gasteiger partial charge is 0.409 e. The van der Waals surface area contributed by atoms with Gasteiger partial charge in [0.15, 0.2) is 6.29 Å². The molecule has 0 radical (unpaired) electrons. The fourth-order valence-corrected chi connectivity index (χ4v) is 3.76. The van der Waals surface area contributed by atoms with Crippen molar-refractivity contribution < 1.29 is 19.4 Å². The molecule has 7 nitrogen and oxygen atoms in total. The van der Waals surface area contributed by atoms with E-state index in [1.165, 1.54) is 0 Å². The van der Waals surface area contributed by atoms with E-state index in [0.29, 0.717) is 12.3 Å². The first kappa shape index (κ1) is 20.1. The van der Waals surface area contributed by atoms with E-state index in [1.54, 1.807) is 18.6 Å².